The molecule has 2 aliphatic rings. The molecule has 17 heavy (non-hydrogen) atoms. The van der Waals surface area contributed by atoms with Gasteiger partial charge in [0.05, 0.1) is 5.92 Å². The molecular formula is C14H18N2O. The van der Waals surface area contributed by atoms with Gasteiger partial charge in [0.2, 0.25) is 5.91 Å². The van der Waals surface area contributed by atoms with E-state index in [1.807, 2.05) is 6.07 Å². The summed E-state index contributed by atoms with van der Waals surface area (Å²) in [5, 5.41) is 3.51. The molecule has 3 nitrogen and oxygen atoms in total. The van der Waals surface area contributed by atoms with Crippen LogP contribution in [0.2, 0.25) is 0 Å². The van der Waals surface area contributed by atoms with Gasteiger partial charge < -0.3 is 11.1 Å². The molecule has 0 bridgehead atoms. The smallest absolute Gasteiger partial charge is 0.222 e. The topological polar surface area (TPSA) is 55.1 Å². The van der Waals surface area contributed by atoms with Crippen LogP contribution in [0.4, 0.5) is 5.69 Å². The van der Waals surface area contributed by atoms with Crippen LogP contribution in [0.25, 0.3) is 0 Å². The Balaban J connectivity index is 1.97. The summed E-state index contributed by atoms with van der Waals surface area (Å²) in [5.74, 6) is 0.295. The summed E-state index contributed by atoms with van der Waals surface area (Å²) >= 11 is 0. The summed E-state index contributed by atoms with van der Waals surface area (Å²) in [6.45, 7) is 0. The second kappa shape index (κ2) is 4.06. The fourth-order valence-electron chi connectivity index (χ4n) is 3.37. The first-order chi connectivity index (χ1) is 8.27. The summed E-state index contributed by atoms with van der Waals surface area (Å²) in [7, 11) is 0. The van der Waals surface area contributed by atoms with E-state index in [0.717, 1.165) is 12.8 Å². The van der Waals surface area contributed by atoms with Crippen molar-refractivity contribution < 1.29 is 4.79 Å². The van der Waals surface area contributed by atoms with E-state index in [1.54, 1.807) is 0 Å². The van der Waals surface area contributed by atoms with Crippen LogP contribution in [0.15, 0.2) is 24.3 Å². The standard InChI is InChI=1S/C14H18N2O/c15-14(17)11-7-2-1-6-10-9-5-3-4-8-12(9)16-13(10)11/h3-5,8,10-11,13,16H,1-2,6-7H2,(H2,15,17). The second-order valence-electron chi connectivity index (χ2n) is 5.16. The van der Waals surface area contributed by atoms with Crippen molar-refractivity contribution in [3.8, 4) is 0 Å². The largest absolute Gasteiger partial charge is 0.381 e. The minimum atomic E-state index is -0.151. The summed E-state index contributed by atoms with van der Waals surface area (Å²) in [6.07, 6.45) is 4.40. The van der Waals surface area contributed by atoms with Crippen molar-refractivity contribution in [2.75, 3.05) is 5.32 Å². The zero-order valence-corrected chi connectivity index (χ0v) is 9.86. The molecule has 1 aromatic rings. The highest BCUT2D eigenvalue weighted by molar-refractivity contribution is 5.79. The summed E-state index contributed by atoms with van der Waals surface area (Å²) in [5.41, 5.74) is 8.11. The molecule has 1 heterocycles. The van der Waals surface area contributed by atoms with Crippen LogP contribution < -0.4 is 11.1 Å². The number of primary amides is 1. The number of benzene rings is 1. The van der Waals surface area contributed by atoms with Crippen molar-refractivity contribution in [1.82, 2.24) is 0 Å². The van der Waals surface area contributed by atoms with Crippen LogP contribution in [0.5, 0.6) is 0 Å². The predicted octanol–water partition coefficient (Wildman–Crippen LogP) is 2.24. The summed E-state index contributed by atoms with van der Waals surface area (Å²) < 4.78 is 0. The minimum absolute atomic E-state index is 0.0186. The number of hydrogen-bond donors (Lipinski definition) is 2. The van der Waals surface area contributed by atoms with Gasteiger partial charge in [-0.05, 0) is 24.5 Å². The van der Waals surface area contributed by atoms with Crippen molar-refractivity contribution in [2.45, 2.75) is 37.6 Å². The van der Waals surface area contributed by atoms with E-state index in [9.17, 15) is 4.79 Å². The molecule has 1 aliphatic carbocycles. The Bertz CT molecular complexity index is 444. The Hall–Kier alpha value is -1.51. The van der Waals surface area contributed by atoms with Gasteiger partial charge in [0.25, 0.3) is 0 Å². The number of anilines is 1. The maximum absolute atomic E-state index is 11.6. The Labute approximate surface area is 101 Å². The molecule has 3 atom stereocenters. The average Bonchev–Trinajstić information content (AvgIpc) is 2.54. The lowest BCUT2D eigenvalue weighted by Gasteiger charge is -2.24. The zero-order chi connectivity index (χ0) is 11.8. The third-order valence-electron chi connectivity index (χ3n) is 4.20. The van der Waals surface area contributed by atoms with Gasteiger partial charge in [0.15, 0.2) is 0 Å². The van der Waals surface area contributed by atoms with E-state index < -0.39 is 0 Å². The molecule has 3 rings (SSSR count). The minimum Gasteiger partial charge on any atom is -0.381 e. The van der Waals surface area contributed by atoms with E-state index in [0.29, 0.717) is 5.92 Å². The first kappa shape index (κ1) is 10.6. The van der Waals surface area contributed by atoms with E-state index >= 15 is 0 Å². The first-order valence-corrected chi connectivity index (χ1v) is 6.42. The molecule has 90 valence electrons. The van der Waals surface area contributed by atoms with E-state index in [-0.39, 0.29) is 17.9 Å². The second-order valence-corrected chi connectivity index (χ2v) is 5.16. The lowest BCUT2D eigenvalue weighted by Crippen LogP contribution is -2.38. The van der Waals surface area contributed by atoms with Crippen LogP contribution in [0.1, 0.15) is 37.2 Å². The lowest BCUT2D eigenvalue weighted by molar-refractivity contribution is -0.122. The third-order valence-corrected chi connectivity index (χ3v) is 4.20. The number of para-hydroxylation sites is 1. The number of carbonyl (C=O) groups excluding carboxylic acids is 1. The van der Waals surface area contributed by atoms with Crippen molar-refractivity contribution in [1.29, 1.82) is 0 Å². The highest BCUT2D eigenvalue weighted by Gasteiger charge is 2.40. The molecule has 1 fully saturated rings. The molecule has 0 spiro atoms. The first-order valence-electron chi connectivity index (χ1n) is 6.42. The Morgan fingerprint density at radius 1 is 1.24 bits per heavy atom. The summed E-state index contributed by atoms with van der Waals surface area (Å²) in [4.78, 5) is 11.6. The molecule has 0 radical (unpaired) electrons. The number of carbonyl (C=O) groups is 1. The van der Waals surface area contributed by atoms with Gasteiger partial charge in [-0.1, -0.05) is 31.0 Å². The van der Waals surface area contributed by atoms with Crippen molar-refractivity contribution in [3.63, 3.8) is 0 Å². The maximum atomic E-state index is 11.6. The quantitative estimate of drug-likeness (QED) is 0.777. The molecular weight excluding hydrogens is 212 g/mol. The van der Waals surface area contributed by atoms with Crippen molar-refractivity contribution in [2.24, 2.45) is 11.7 Å². The third kappa shape index (κ3) is 1.70. The number of nitrogens with two attached hydrogens (primary N) is 1. The SMILES string of the molecule is NC(=O)C1CCCCC2c3ccccc3NC12. The van der Waals surface area contributed by atoms with Gasteiger partial charge in [0.1, 0.15) is 0 Å². The number of rotatable bonds is 1. The Morgan fingerprint density at radius 2 is 2.00 bits per heavy atom. The van der Waals surface area contributed by atoms with Crippen LogP contribution >= 0.6 is 0 Å². The van der Waals surface area contributed by atoms with Gasteiger partial charge in [-0.2, -0.15) is 0 Å². The number of nitrogens with one attached hydrogen (secondary N) is 1. The molecule has 3 unspecified atom stereocenters. The number of fused-ring (bicyclic) bond motifs is 3. The highest BCUT2D eigenvalue weighted by atomic mass is 16.1. The van der Waals surface area contributed by atoms with Crippen LogP contribution in [-0.2, 0) is 4.79 Å². The molecule has 3 N–H and O–H groups in total. The normalized spacial score (nSPS) is 30.9. The highest BCUT2D eigenvalue weighted by Crippen LogP contribution is 2.44. The summed E-state index contributed by atoms with van der Waals surface area (Å²) in [6, 6.07) is 8.61. The van der Waals surface area contributed by atoms with Gasteiger partial charge in [-0.15, -0.1) is 0 Å². The van der Waals surface area contributed by atoms with Crippen molar-refractivity contribution in [3.05, 3.63) is 29.8 Å². The molecule has 3 heteroatoms. The maximum Gasteiger partial charge on any atom is 0.222 e. The fourth-order valence-corrected chi connectivity index (χ4v) is 3.37. The van der Waals surface area contributed by atoms with Crippen molar-refractivity contribution >= 4 is 11.6 Å². The number of amides is 1. The predicted molar refractivity (Wildman–Crippen MR) is 67.7 cm³/mol. The van der Waals surface area contributed by atoms with Gasteiger partial charge in [-0.25, -0.2) is 0 Å². The molecule has 1 aromatic carbocycles. The zero-order valence-electron chi connectivity index (χ0n) is 9.86. The molecule has 1 aliphatic heterocycles. The Kier molecular flexibility index (Phi) is 2.54. The monoisotopic (exact) mass is 230 g/mol. The van der Waals surface area contributed by atoms with Crippen LogP contribution in [-0.4, -0.2) is 11.9 Å². The van der Waals surface area contributed by atoms with Gasteiger partial charge >= 0.3 is 0 Å². The van der Waals surface area contributed by atoms with E-state index in [4.69, 9.17) is 5.73 Å². The van der Waals surface area contributed by atoms with Crippen LogP contribution in [0.3, 0.4) is 0 Å². The van der Waals surface area contributed by atoms with E-state index in [1.165, 1.54) is 24.1 Å². The van der Waals surface area contributed by atoms with Crippen LogP contribution in [0, 0.1) is 5.92 Å². The van der Waals surface area contributed by atoms with Gasteiger partial charge in [0, 0.05) is 17.6 Å². The molecule has 1 amide bonds. The Morgan fingerprint density at radius 3 is 2.82 bits per heavy atom. The molecule has 0 saturated heterocycles. The molecule has 1 saturated carbocycles. The fraction of sp³-hybridized carbons (Fsp3) is 0.500. The van der Waals surface area contributed by atoms with E-state index in [2.05, 4.69) is 23.5 Å². The lowest BCUT2D eigenvalue weighted by atomic mass is 9.85. The molecule has 0 aromatic heterocycles. The van der Waals surface area contributed by atoms with Gasteiger partial charge in [-0.3, -0.25) is 4.79 Å². The number of hydrogen-bond acceptors (Lipinski definition) is 2. The average molecular weight is 230 g/mol.